The number of carbonyl (C=O) groups excluding carboxylic acids is 1. The third-order valence-corrected chi connectivity index (χ3v) is 6.68. The number of nitrogens with two attached hydrogens (primary N) is 1. The lowest BCUT2D eigenvalue weighted by Gasteiger charge is -2.18. The molecule has 3 aromatic carbocycles. The van der Waals surface area contributed by atoms with Gasteiger partial charge in [0.25, 0.3) is 0 Å². The Morgan fingerprint density at radius 2 is 1.63 bits per heavy atom. The quantitative estimate of drug-likeness (QED) is 0.399. The largest absolute Gasteiger partial charge is 0.573 e. The van der Waals surface area contributed by atoms with E-state index in [0.717, 1.165) is 12.3 Å². The lowest BCUT2D eigenvalue weighted by molar-refractivity contribution is -0.274. The van der Waals surface area contributed by atoms with Crippen molar-refractivity contribution >= 4 is 44.6 Å². The number of carbonyl (C=O) groups is 1. The summed E-state index contributed by atoms with van der Waals surface area (Å²) in [6.45, 7) is -0.0776. The van der Waals surface area contributed by atoms with Crippen molar-refractivity contribution in [3.63, 3.8) is 0 Å². The van der Waals surface area contributed by atoms with Gasteiger partial charge in [-0.25, -0.2) is 8.42 Å². The minimum atomic E-state index is -4.92. The van der Waals surface area contributed by atoms with Crippen LogP contribution >= 0.6 is 23.2 Å². The maximum absolute atomic E-state index is 12.9. The Balaban J connectivity index is 1.88. The van der Waals surface area contributed by atoms with Crippen molar-refractivity contribution < 1.29 is 31.1 Å². The van der Waals surface area contributed by atoms with Gasteiger partial charge in [0.15, 0.2) is 9.84 Å². The molecule has 1 unspecified atom stereocenters. The van der Waals surface area contributed by atoms with Crippen molar-refractivity contribution in [2.75, 3.05) is 18.1 Å². The van der Waals surface area contributed by atoms with Crippen LogP contribution in [0.3, 0.4) is 0 Å². The highest BCUT2D eigenvalue weighted by Crippen LogP contribution is 2.42. The molecule has 3 aromatic rings. The maximum Gasteiger partial charge on any atom is 0.573 e. The van der Waals surface area contributed by atoms with Gasteiger partial charge in [0.05, 0.1) is 20.9 Å². The van der Waals surface area contributed by atoms with Gasteiger partial charge in [-0.2, -0.15) is 0 Å². The first-order valence-electron chi connectivity index (χ1n) is 9.95. The molecule has 35 heavy (non-hydrogen) atoms. The Bertz CT molecular complexity index is 1320. The number of alkyl halides is 3. The SMILES string of the molecule is CS(=O)(=O)c1ccc(C(CN)C(=O)Nc2cc(Cl)c(-c3ccccc3OC(F)(F)F)c(Cl)c2)cc1. The van der Waals surface area contributed by atoms with Gasteiger partial charge in [-0.15, -0.1) is 13.2 Å². The molecule has 0 aliphatic heterocycles. The second kappa shape index (κ2) is 10.4. The summed E-state index contributed by atoms with van der Waals surface area (Å²) in [6, 6.07) is 13.8. The number of hydrogen-bond donors (Lipinski definition) is 2. The molecule has 3 rings (SSSR count). The molecule has 1 atom stereocenters. The maximum atomic E-state index is 12.9. The predicted molar refractivity (Wildman–Crippen MR) is 129 cm³/mol. The van der Waals surface area contributed by atoms with Crippen LogP contribution in [0, 0.1) is 0 Å². The topological polar surface area (TPSA) is 98.5 Å². The summed E-state index contributed by atoms with van der Waals surface area (Å²) in [7, 11) is -3.40. The number of anilines is 1. The zero-order valence-electron chi connectivity index (χ0n) is 18.1. The average molecular weight is 547 g/mol. The van der Waals surface area contributed by atoms with Crippen LogP contribution in [0.1, 0.15) is 11.5 Å². The molecule has 0 spiro atoms. The molecule has 12 heteroatoms. The lowest BCUT2D eigenvalue weighted by atomic mass is 9.98. The summed E-state index contributed by atoms with van der Waals surface area (Å²) >= 11 is 12.7. The molecular weight excluding hydrogens is 528 g/mol. The van der Waals surface area contributed by atoms with Gasteiger partial charge in [0, 0.05) is 29.6 Å². The molecule has 1 amide bonds. The Hall–Kier alpha value is -2.79. The number of rotatable bonds is 7. The number of nitrogens with one attached hydrogen (secondary N) is 1. The number of para-hydroxylation sites is 1. The van der Waals surface area contributed by atoms with Gasteiger partial charge >= 0.3 is 6.36 Å². The highest BCUT2D eigenvalue weighted by atomic mass is 35.5. The number of hydrogen-bond acceptors (Lipinski definition) is 5. The number of sulfone groups is 1. The van der Waals surface area contributed by atoms with Crippen LogP contribution in [0.2, 0.25) is 10.0 Å². The molecule has 6 nitrogen and oxygen atoms in total. The standard InChI is InChI=1S/C23H19Cl2F3N2O4S/c1-35(32,33)15-8-6-13(7-9-15)17(12-29)22(31)30-14-10-18(24)21(19(25)11-14)16-4-2-3-5-20(16)34-23(26,27)28/h2-11,17H,12,29H2,1H3,(H,30,31). The molecule has 0 fully saturated rings. The van der Waals surface area contributed by atoms with Crippen LogP contribution in [-0.4, -0.2) is 33.5 Å². The first-order valence-corrected chi connectivity index (χ1v) is 12.6. The van der Waals surface area contributed by atoms with Crippen molar-refractivity contribution in [1.82, 2.24) is 0 Å². The molecule has 0 aliphatic carbocycles. The molecule has 0 saturated heterocycles. The van der Waals surface area contributed by atoms with Crippen molar-refractivity contribution in [2.45, 2.75) is 17.2 Å². The molecule has 0 radical (unpaired) electrons. The molecule has 186 valence electrons. The minimum Gasteiger partial charge on any atom is -0.405 e. The summed E-state index contributed by atoms with van der Waals surface area (Å²) in [5.41, 5.74) is 6.56. The van der Waals surface area contributed by atoms with Crippen LogP contribution in [0.25, 0.3) is 11.1 Å². The highest BCUT2D eigenvalue weighted by molar-refractivity contribution is 7.90. The summed E-state index contributed by atoms with van der Waals surface area (Å²) in [6.07, 6.45) is -3.85. The zero-order valence-corrected chi connectivity index (χ0v) is 20.4. The smallest absolute Gasteiger partial charge is 0.405 e. The van der Waals surface area contributed by atoms with E-state index in [1.165, 1.54) is 54.6 Å². The van der Waals surface area contributed by atoms with E-state index in [4.69, 9.17) is 28.9 Å². The number of benzene rings is 3. The fourth-order valence-corrected chi connectivity index (χ4v) is 4.68. The molecule has 0 bridgehead atoms. The van der Waals surface area contributed by atoms with Gasteiger partial charge in [0.1, 0.15) is 5.75 Å². The van der Waals surface area contributed by atoms with E-state index in [-0.39, 0.29) is 38.3 Å². The first kappa shape index (κ1) is 26.8. The third kappa shape index (κ3) is 6.66. The van der Waals surface area contributed by atoms with Gasteiger partial charge in [-0.1, -0.05) is 53.5 Å². The molecule has 0 heterocycles. The van der Waals surface area contributed by atoms with Crippen LogP contribution in [0.5, 0.6) is 5.75 Å². The van der Waals surface area contributed by atoms with Crippen LogP contribution in [-0.2, 0) is 14.6 Å². The molecule has 0 aromatic heterocycles. The monoisotopic (exact) mass is 546 g/mol. The first-order chi connectivity index (χ1) is 16.3. The van der Waals surface area contributed by atoms with Crippen molar-refractivity contribution in [3.05, 3.63) is 76.3 Å². The summed E-state index contributed by atoms with van der Waals surface area (Å²) < 4.78 is 65.8. The van der Waals surface area contributed by atoms with E-state index in [2.05, 4.69) is 10.1 Å². The minimum absolute atomic E-state index is 0.0171. The van der Waals surface area contributed by atoms with Crippen LogP contribution < -0.4 is 15.8 Å². The Kier molecular flexibility index (Phi) is 8.00. The number of ether oxygens (including phenoxy) is 1. The van der Waals surface area contributed by atoms with Crippen LogP contribution in [0.4, 0.5) is 18.9 Å². The summed E-state index contributed by atoms with van der Waals surface area (Å²) in [4.78, 5) is 13.0. The molecule has 3 N–H and O–H groups in total. The fraction of sp³-hybridized carbons (Fsp3) is 0.174. The van der Waals surface area contributed by atoms with E-state index in [0.29, 0.717) is 5.56 Å². The van der Waals surface area contributed by atoms with E-state index >= 15 is 0 Å². The summed E-state index contributed by atoms with van der Waals surface area (Å²) in [5.74, 6) is -1.82. The molecule has 0 aliphatic rings. The number of amides is 1. The van der Waals surface area contributed by atoms with Crippen molar-refractivity contribution in [2.24, 2.45) is 5.73 Å². The fourth-order valence-electron chi connectivity index (χ4n) is 3.36. The lowest BCUT2D eigenvalue weighted by Crippen LogP contribution is -2.27. The van der Waals surface area contributed by atoms with E-state index in [9.17, 15) is 26.4 Å². The van der Waals surface area contributed by atoms with E-state index in [1.54, 1.807) is 0 Å². The molecular formula is C23H19Cl2F3N2O4S. The number of halogens is 5. The second-order valence-electron chi connectivity index (χ2n) is 7.48. The highest BCUT2D eigenvalue weighted by Gasteiger charge is 2.32. The predicted octanol–water partition coefficient (Wildman–Crippen LogP) is 5.64. The van der Waals surface area contributed by atoms with Crippen molar-refractivity contribution in [3.8, 4) is 16.9 Å². The van der Waals surface area contributed by atoms with Crippen LogP contribution in [0.15, 0.2) is 65.6 Å². The zero-order chi connectivity index (χ0) is 26.0. The molecule has 0 saturated carbocycles. The van der Waals surface area contributed by atoms with Gasteiger partial charge < -0.3 is 15.8 Å². The Morgan fingerprint density at radius 1 is 1.06 bits per heavy atom. The Morgan fingerprint density at radius 3 is 2.14 bits per heavy atom. The van der Waals surface area contributed by atoms with Gasteiger partial charge in [-0.3, -0.25) is 4.79 Å². The third-order valence-electron chi connectivity index (χ3n) is 4.95. The van der Waals surface area contributed by atoms with E-state index < -0.39 is 33.8 Å². The summed E-state index contributed by atoms with van der Waals surface area (Å²) in [5, 5.41) is 2.59. The average Bonchev–Trinajstić information content (AvgIpc) is 2.73. The van der Waals surface area contributed by atoms with Gasteiger partial charge in [0.2, 0.25) is 5.91 Å². The second-order valence-corrected chi connectivity index (χ2v) is 10.3. The van der Waals surface area contributed by atoms with Crippen molar-refractivity contribution in [1.29, 1.82) is 0 Å². The van der Waals surface area contributed by atoms with E-state index in [1.807, 2.05) is 0 Å². The normalized spacial score (nSPS) is 12.8. The Labute approximate surface area is 209 Å². The van der Waals surface area contributed by atoms with Gasteiger partial charge in [-0.05, 0) is 35.9 Å².